The summed E-state index contributed by atoms with van der Waals surface area (Å²) in [4.78, 5) is 160. The first-order valence-corrected chi connectivity index (χ1v) is 48.0. The molecule has 0 radical (unpaired) electrons. The number of nitrogens with zero attached hydrogens (tertiary/aromatic N) is 18. The summed E-state index contributed by atoms with van der Waals surface area (Å²) in [7, 11) is 0. The third kappa shape index (κ3) is 26.5. The molecule has 774 valence electrons. The van der Waals surface area contributed by atoms with E-state index >= 15 is 0 Å². The fourth-order valence-corrected chi connectivity index (χ4v) is 17.2. The summed E-state index contributed by atoms with van der Waals surface area (Å²) in [5, 5.41) is 85.7. The van der Waals surface area contributed by atoms with E-state index in [1.165, 1.54) is 73.6 Å². The van der Waals surface area contributed by atoms with Crippen molar-refractivity contribution in [2.24, 2.45) is 16.1 Å². The third-order valence-electron chi connectivity index (χ3n) is 22.6. The summed E-state index contributed by atoms with van der Waals surface area (Å²) in [6.07, 6.45) is -22.0. The quantitative estimate of drug-likeness (QED) is 0.00775. The van der Waals surface area contributed by atoms with Gasteiger partial charge in [-0.1, -0.05) is 182 Å². The van der Waals surface area contributed by atoms with Gasteiger partial charge in [-0.25, -0.2) is 55.1 Å². The Morgan fingerprint density at radius 1 is 0.395 bits per heavy atom. The maximum atomic E-state index is 14.8. The zero-order valence-electron chi connectivity index (χ0n) is 75.8. The molecule has 6 fully saturated rings. The van der Waals surface area contributed by atoms with Crippen LogP contribution in [0.5, 0.6) is 0 Å². The summed E-state index contributed by atoms with van der Waals surface area (Å²) in [5.41, 5.74) is 16.6. The Bertz CT molecular complexity index is 6700. The SMILES string of the molecule is C=C1O[C@@H](n2ccc(NC(=O)c3ccccc3)nc2=O)[C@H](F)[C@@H]1O.C[C@H]1[C@@H](F)[C@H](n2ccc(NC(=O)c3ccccc3)nc2=O)O[C@@]1(CI)N=[N+]=[N-].Nc1ccn([C@@H]2O[C@H](CO)[C@@H](O)[C@H]2F)c(=O)n1.O=C(Nc1ccn([C@@H]2O[C@H](CI)[C@@H](O)[C@H]2F)c(=O)n1)c1ccccc1.O=C(Nc1ccn([C@@H]2O[C@H](CO)[C@@H](O)[C@H]2F)c(=O)n1)c1ccccc1.[N-]=[N+]=N[C@]1(CI)O[C@@H](n2ccc(NC(=O)c3ccccc3)nc2=O)[C@H](F)[C@@H]1O. The zero-order valence-corrected chi connectivity index (χ0v) is 82.3. The highest BCUT2D eigenvalue weighted by Crippen LogP contribution is 2.46. The van der Waals surface area contributed by atoms with Crippen LogP contribution in [0.1, 0.15) is 96.1 Å². The number of benzene rings is 5. The van der Waals surface area contributed by atoms with E-state index in [2.05, 4.69) is 83.1 Å². The van der Waals surface area contributed by atoms with Crippen molar-refractivity contribution in [3.05, 3.63) is 349 Å². The van der Waals surface area contributed by atoms with Gasteiger partial charge in [-0.15, -0.1) is 0 Å². The molecule has 0 saturated carbocycles. The number of nitrogens with one attached hydrogen (secondary N) is 5. The second kappa shape index (κ2) is 50.9. The first-order chi connectivity index (χ1) is 70.4. The number of carbonyl (C=O) groups is 5. The van der Waals surface area contributed by atoms with Crippen molar-refractivity contribution in [2.45, 2.75) is 142 Å². The standard InChI is InChI=1S/C17H16FIN6O3.C16H14FIN6O4.C16H15FIN3O4.C16H16FN3O5.C16H14FN3O4.C9H12FN3O4/c1-10-13(18)15(28-17(10,9-19)23-24-20)25-8-7-12(22-16(25)27)21-14(26)11-5-3-2-4-6-11;17-11-12(25)16(8-18,22-23-19)28-14(11)24-7-6-10(21-15(24)27)20-13(26)9-4-2-1-3-5-9;17-12-13(22)10(8-18)25-15(12)21-7-6-11(20-16(21)24)19-14(23)9-4-2-1-3-5-9;17-12-13(22)10(8-21)25-15(12)20-7-6-11(19-16(20)24)18-14(23)9-4-2-1-3-5-9;1-9-13(21)12(17)15(24-9)20-8-7-11(19-16(20)23)18-14(22)10-5-3-2-4-6-10;10-6-7(15)4(3-14)17-8(6)13-2-1-5(11)12-9(13)16/h2-8,10,13,15H,9H2,1H3,(H,21,22,26,27);1-7,11-12,14,25H,8H2,(H,20,21,26,27);1-7,10,12-13,15,22H,8H2,(H,19,20,23,24);1-7,10,12-13,15,21-22H,8H2,(H,18,19,23,24);2-8,12-13,15,21H,1H2,(H,18,19,22,23);1-2,4,6-8,14-15H,3H2,(H2,11,12,16)/t10-,13+,15+,17+;11-,12+,14-,16-;2*10-,12-,13-,15-;12-,13-,15-;4-,6-,7-,8-/m011111/s1. The van der Waals surface area contributed by atoms with E-state index in [-0.39, 0.29) is 49.5 Å². The van der Waals surface area contributed by atoms with Crippen molar-refractivity contribution in [1.82, 2.24) is 57.3 Å². The molecule has 147 heavy (non-hydrogen) atoms. The average molecular weight is 2380 g/mol. The summed E-state index contributed by atoms with van der Waals surface area (Å²) in [6, 6.07) is 50.0. The number of hydrogen-bond donors (Lipinski definition) is 13. The lowest BCUT2D eigenvalue weighted by atomic mass is 9.98. The average Bonchev–Trinajstić information content (AvgIpc) is 1.61. The Kier molecular flexibility index (Phi) is 38.7. The van der Waals surface area contributed by atoms with Gasteiger partial charge in [0.1, 0.15) is 83.4 Å². The van der Waals surface area contributed by atoms with Crippen molar-refractivity contribution in [3.8, 4) is 0 Å². The van der Waals surface area contributed by atoms with Crippen LogP contribution in [0.15, 0.2) is 277 Å². The number of nitrogen functional groups attached to an aromatic ring is 1. The number of rotatable bonds is 23. The molecule has 6 aliphatic heterocycles. The minimum atomic E-state index is -2.02. The largest absolute Gasteiger partial charge is 0.469 e. The van der Waals surface area contributed by atoms with Crippen LogP contribution in [0.3, 0.4) is 0 Å². The van der Waals surface area contributed by atoms with E-state index < -0.39 is 217 Å². The van der Waals surface area contributed by atoms with Gasteiger partial charge in [0.05, 0.1) is 19.3 Å². The number of halogens is 9. The third-order valence-corrected chi connectivity index (χ3v) is 25.6. The fourth-order valence-electron chi connectivity index (χ4n) is 14.6. The normalized spacial score (nSPS) is 26.4. The van der Waals surface area contributed by atoms with Gasteiger partial charge in [0.15, 0.2) is 79.6 Å². The van der Waals surface area contributed by atoms with E-state index in [1.807, 2.05) is 45.2 Å². The second-order valence-electron chi connectivity index (χ2n) is 32.0. The summed E-state index contributed by atoms with van der Waals surface area (Å²) in [5.74, 6) is -2.98. The molecule has 48 nitrogen and oxygen atoms in total. The first kappa shape index (κ1) is 112. The number of anilines is 6. The van der Waals surface area contributed by atoms with Crippen LogP contribution in [0.4, 0.5) is 61.2 Å². The molecule has 6 saturated heterocycles. The highest BCUT2D eigenvalue weighted by molar-refractivity contribution is 14.1. The number of carbonyl (C=O) groups excluding carboxylic acids is 5. The second-order valence-corrected chi connectivity index (χ2v) is 34.4. The van der Waals surface area contributed by atoms with Crippen molar-refractivity contribution >= 4 is 132 Å². The van der Waals surface area contributed by atoms with Crippen molar-refractivity contribution in [2.75, 3.05) is 58.8 Å². The molecule has 17 rings (SSSR count). The maximum Gasteiger partial charge on any atom is 0.352 e. The van der Waals surface area contributed by atoms with Gasteiger partial charge in [0, 0.05) is 94.0 Å². The molecule has 6 aliphatic rings. The smallest absolute Gasteiger partial charge is 0.352 e. The van der Waals surface area contributed by atoms with Crippen LogP contribution in [-0.4, -0.2) is 246 Å². The van der Waals surface area contributed by atoms with Gasteiger partial charge in [-0.05, 0) is 108 Å². The van der Waals surface area contributed by atoms with Gasteiger partial charge in [-0.3, -0.25) is 51.4 Å². The van der Waals surface area contributed by atoms with Gasteiger partial charge < -0.3 is 96.5 Å². The van der Waals surface area contributed by atoms with Crippen molar-refractivity contribution < 1.29 is 114 Å². The molecule has 14 N–H and O–H groups in total. The highest BCUT2D eigenvalue weighted by atomic mass is 127. The number of alkyl halides is 9. The molecule has 0 aliphatic carbocycles. The molecular formula is C90H87F6I3N24O24. The first-order valence-electron chi connectivity index (χ1n) is 43.4. The summed E-state index contributed by atoms with van der Waals surface area (Å²) < 4.78 is 123. The highest BCUT2D eigenvalue weighted by Gasteiger charge is 2.57. The van der Waals surface area contributed by atoms with Gasteiger partial charge in [0.2, 0.25) is 6.23 Å². The van der Waals surface area contributed by atoms with E-state index in [1.54, 1.807) is 181 Å². The van der Waals surface area contributed by atoms with E-state index in [0.717, 1.165) is 27.4 Å². The zero-order chi connectivity index (χ0) is 106. The predicted octanol–water partition coefficient (Wildman–Crippen LogP) is 6.87. The molecule has 0 unspecified atom stereocenters. The molecule has 57 heteroatoms. The van der Waals surface area contributed by atoms with Gasteiger partial charge in [0.25, 0.3) is 29.5 Å². The Morgan fingerprint density at radius 3 is 0.918 bits per heavy atom. The molecule has 23 atom stereocenters. The van der Waals surface area contributed by atoms with E-state index in [0.29, 0.717) is 32.2 Å². The molecule has 5 amide bonds. The Morgan fingerprint density at radius 2 is 0.660 bits per heavy atom. The van der Waals surface area contributed by atoms with Crippen molar-refractivity contribution in [3.63, 3.8) is 0 Å². The van der Waals surface area contributed by atoms with E-state index in [9.17, 15) is 105 Å². The lowest BCUT2D eigenvalue weighted by Gasteiger charge is -2.24. The molecule has 5 aromatic carbocycles. The Labute approximate surface area is 863 Å². The minimum Gasteiger partial charge on any atom is -0.469 e. The Balaban J connectivity index is 0.000000158. The summed E-state index contributed by atoms with van der Waals surface area (Å²) >= 11 is 5.71. The monoisotopic (exact) mass is 2380 g/mol. The van der Waals surface area contributed by atoms with Crippen LogP contribution in [0.25, 0.3) is 20.9 Å². The van der Waals surface area contributed by atoms with E-state index in [4.69, 9.17) is 55.4 Å². The van der Waals surface area contributed by atoms with Crippen LogP contribution < -0.4 is 66.5 Å². The van der Waals surface area contributed by atoms with Crippen LogP contribution in [0, 0.1) is 5.92 Å². The van der Waals surface area contributed by atoms with Crippen LogP contribution in [-0.2, 0) is 28.4 Å². The number of amides is 5. The fraction of sp³-hybridized carbons (Fsp3) is 0.322. The maximum absolute atomic E-state index is 14.8. The lowest BCUT2D eigenvalue weighted by Crippen LogP contribution is -2.41. The number of hydrogen-bond acceptors (Lipinski definition) is 33. The number of nitrogens with two attached hydrogens (primary N) is 1. The number of aliphatic hydroxyl groups is 7. The molecule has 11 aromatic rings. The van der Waals surface area contributed by atoms with Gasteiger partial charge in [-0.2, -0.15) is 29.9 Å². The molecule has 0 bridgehead atoms. The lowest BCUT2D eigenvalue weighted by molar-refractivity contribution is -0.0833. The number of azide groups is 2. The molecular weight excluding hydrogens is 2300 g/mol. The van der Waals surface area contributed by atoms with Crippen LogP contribution >= 0.6 is 67.8 Å². The predicted molar refractivity (Wildman–Crippen MR) is 532 cm³/mol. The number of ether oxygens (including phenoxy) is 6. The van der Waals surface area contributed by atoms with Crippen molar-refractivity contribution in [1.29, 1.82) is 0 Å². The summed E-state index contributed by atoms with van der Waals surface area (Å²) in [6.45, 7) is 3.83. The van der Waals surface area contributed by atoms with Gasteiger partial charge >= 0.3 is 34.1 Å². The number of aliphatic hydroxyl groups excluding tert-OH is 7. The van der Waals surface area contributed by atoms with Crippen LogP contribution in [0.2, 0.25) is 0 Å². The molecule has 12 heterocycles. The topological polar surface area (TPSA) is 675 Å². The molecule has 6 aromatic heterocycles. The Hall–Kier alpha value is -14.0. The molecule has 0 spiro atoms. The number of aromatic nitrogens is 12. The minimum absolute atomic E-state index is 0.00256.